The number of hydrogen-bond acceptors (Lipinski definition) is 6. The Morgan fingerprint density at radius 3 is 2.38 bits per heavy atom. The van der Waals surface area contributed by atoms with Crippen LogP contribution in [0.2, 0.25) is 0 Å². The maximum atomic E-state index is 12.7. The summed E-state index contributed by atoms with van der Waals surface area (Å²) in [5.74, 6) is 1.71. The van der Waals surface area contributed by atoms with E-state index < -0.39 is 0 Å². The van der Waals surface area contributed by atoms with Gasteiger partial charge in [-0.3, -0.25) is 19.5 Å². The molecule has 164 valence electrons. The highest BCUT2D eigenvalue weighted by Gasteiger charge is 2.36. The topological polar surface area (TPSA) is 66.0 Å². The first kappa shape index (κ1) is 20.7. The molecule has 1 unspecified atom stereocenters. The van der Waals surface area contributed by atoms with Crippen LogP contribution in [0.25, 0.3) is 0 Å². The molecule has 7 nitrogen and oxygen atoms in total. The second kappa shape index (κ2) is 9.10. The molecule has 0 N–H and O–H groups in total. The fraction of sp³-hybridized carbons (Fsp3) is 0.292. The lowest BCUT2D eigenvalue weighted by atomic mass is 10.2. The van der Waals surface area contributed by atoms with E-state index >= 15 is 0 Å². The Kier molecular flexibility index (Phi) is 5.87. The van der Waals surface area contributed by atoms with Crippen molar-refractivity contribution in [2.24, 2.45) is 0 Å². The molecule has 2 fully saturated rings. The molecule has 0 aliphatic carbocycles. The Morgan fingerprint density at radius 1 is 0.969 bits per heavy atom. The van der Waals surface area contributed by atoms with Gasteiger partial charge < -0.3 is 14.5 Å². The zero-order chi connectivity index (χ0) is 21.9. The standard InChI is InChI=1S/C24H24N4O3S/c29-23-14-19(26-10-12-27(13-11-26)24(30)22-15-25-17-32-22)16-28(23)18-6-8-21(9-7-18)31-20-4-2-1-3-5-20/h1-9,15,17,19H,10-14,16H2. The van der Waals surface area contributed by atoms with Gasteiger partial charge in [0.2, 0.25) is 5.91 Å². The van der Waals surface area contributed by atoms with Crippen LogP contribution in [0.15, 0.2) is 66.3 Å². The highest BCUT2D eigenvalue weighted by atomic mass is 32.1. The van der Waals surface area contributed by atoms with Crippen LogP contribution in [0.5, 0.6) is 11.5 Å². The number of anilines is 1. The van der Waals surface area contributed by atoms with Gasteiger partial charge in [-0.25, -0.2) is 0 Å². The molecule has 0 radical (unpaired) electrons. The number of benzene rings is 2. The smallest absolute Gasteiger partial charge is 0.265 e. The van der Waals surface area contributed by atoms with Crippen molar-refractivity contribution in [2.75, 3.05) is 37.6 Å². The van der Waals surface area contributed by atoms with Crippen LogP contribution in [-0.4, -0.2) is 65.4 Å². The molecule has 2 aliphatic rings. The number of nitrogens with zero attached hydrogens (tertiary/aromatic N) is 4. The number of rotatable bonds is 5. The van der Waals surface area contributed by atoms with E-state index in [2.05, 4.69) is 9.88 Å². The number of aromatic nitrogens is 1. The number of amides is 2. The van der Waals surface area contributed by atoms with Gasteiger partial charge in [-0.2, -0.15) is 0 Å². The van der Waals surface area contributed by atoms with E-state index in [-0.39, 0.29) is 17.9 Å². The molecule has 2 amide bonds. The first-order valence-corrected chi connectivity index (χ1v) is 11.6. The summed E-state index contributed by atoms with van der Waals surface area (Å²) in [4.78, 5) is 36.0. The van der Waals surface area contributed by atoms with Crippen molar-refractivity contribution in [1.29, 1.82) is 0 Å². The van der Waals surface area contributed by atoms with Gasteiger partial charge in [0.05, 0.1) is 11.7 Å². The van der Waals surface area contributed by atoms with Gasteiger partial charge >= 0.3 is 0 Å². The highest BCUT2D eigenvalue weighted by molar-refractivity contribution is 7.11. The lowest BCUT2D eigenvalue weighted by molar-refractivity contribution is -0.117. The molecule has 0 bridgehead atoms. The average Bonchev–Trinajstić information content (AvgIpc) is 3.50. The van der Waals surface area contributed by atoms with Gasteiger partial charge in [-0.15, -0.1) is 11.3 Å². The number of ether oxygens (including phenoxy) is 1. The fourth-order valence-corrected chi connectivity index (χ4v) is 4.86. The van der Waals surface area contributed by atoms with Gasteiger partial charge in [0, 0.05) is 50.9 Å². The van der Waals surface area contributed by atoms with Crippen LogP contribution in [0.4, 0.5) is 5.69 Å². The molecule has 8 heteroatoms. The van der Waals surface area contributed by atoms with Crippen molar-refractivity contribution in [2.45, 2.75) is 12.5 Å². The van der Waals surface area contributed by atoms with E-state index in [0.717, 1.165) is 30.3 Å². The van der Waals surface area contributed by atoms with Crippen LogP contribution in [0.3, 0.4) is 0 Å². The number of carbonyl (C=O) groups is 2. The number of para-hydroxylation sites is 1. The summed E-state index contributed by atoms with van der Waals surface area (Å²) in [5.41, 5.74) is 2.57. The molecule has 1 atom stereocenters. The lowest BCUT2D eigenvalue weighted by Gasteiger charge is -2.37. The third-order valence-electron chi connectivity index (χ3n) is 5.99. The van der Waals surface area contributed by atoms with Gasteiger partial charge in [0.15, 0.2) is 0 Å². The van der Waals surface area contributed by atoms with Crippen LogP contribution in [0, 0.1) is 0 Å². The molecule has 2 aliphatic heterocycles. The predicted octanol–water partition coefficient (Wildman–Crippen LogP) is 3.50. The van der Waals surface area contributed by atoms with Crippen LogP contribution >= 0.6 is 11.3 Å². The van der Waals surface area contributed by atoms with E-state index in [1.807, 2.05) is 64.4 Å². The molecule has 2 aromatic carbocycles. The first-order valence-electron chi connectivity index (χ1n) is 10.7. The van der Waals surface area contributed by atoms with Crippen molar-refractivity contribution < 1.29 is 14.3 Å². The first-order chi connectivity index (χ1) is 15.7. The van der Waals surface area contributed by atoms with E-state index in [0.29, 0.717) is 30.9 Å². The summed E-state index contributed by atoms with van der Waals surface area (Å²) in [6.07, 6.45) is 2.13. The largest absolute Gasteiger partial charge is 0.457 e. The molecule has 0 spiro atoms. The molecular formula is C24H24N4O3S. The molecule has 1 aromatic heterocycles. The van der Waals surface area contributed by atoms with Crippen molar-refractivity contribution >= 4 is 28.8 Å². The number of piperazine rings is 1. The average molecular weight is 449 g/mol. The predicted molar refractivity (Wildman–Crippen MR) is 123 cm³/mol. The zero-order valence-electron chi connectivity index (χ0n) is 17.6. The zero-order valence-corrected chi connectivity index (χ0v) is 18.4. The summed E-state index contributed by atoms with van der Waals surface area (Å²) in [6, 6.07) is 17.5. The second-order valence-electron chi connectivity index (χ2n) is 7.97. The maximum absolute atomic E-state index is 12.7. The summed E-state index contributed by atoms with van der Waals surface area (Å²) in [7, 11) is 0. The Hall–Kier alpha value is -3.23. The number of hydrogen-bond donors (Lipinski definition) is 0. The minimum atomic E-state index is 0.0501. The van der Waals surface area contributed by atoms with E-state index in [1.165, 1.54) is 11.3 Å². The minimum Gasteiger partial charge on any atom is -0.457 e. The van der Waals surface area contributed by atoms with Gasteiger partial charge in [0.1, 0.15) is 16.4 Å². The van der Waals surface area contributed by atoms with Gasteiger partial charge in [-0.05, 0) is 36.4 Å². The number of thiazole rings is 1. The van der Waals surface area contributed by atoms with Crippen molar-refractivity contribution in [3.63, 3.8) is 0 Å². The molecule has 3 heterocycles. The highest BCUT2D eigenvalue weighted by Crippen LogP contribution is 2.28. The third-order valence-corrected chi connectivity index (χ3v) is 6.75. The summed E-state index contributed by atoms with van der Waals surface area (Å²) in [6.45, 7) is 3.57. The van der Waals surface area contributed by atoms with E-state index in [9.17, 15) is 9.59 Å². The SMILES string of the molecule is O=C(c1cncs1)N1CCN(C2CC(=O)N(c3ccc(Oc4ccccc4)cc3)C2)CC1. The Labute approximate surface area is 190 Å². The van der Waals surface area contributed by atoms with Crippen LogP contribution in [-0.2, 0) is 4.79 Å². The number of carbonyl (C=O) groups excluding carboxylic acids is 2. The molecule has 3 aromatic rings. The molecule has 2 saturated heterocycles. The van der Waals surface area contributed by atoms with Crippen LogP contribution < -0.4 is 9.64 Å². The second-order valence-corrected chi connectivity index (χ2v) is 8.85. The van der Waals surface area contributed by atoms with E-state index in [1.54, 1.807) is 11.7 Å². The lowest BCUT2D eigenvalue weighted by Crippen LogP contribution is -2.52. The molecule has 0 saturated carbocycles. The summed E-state index contributed by atoms with van der Waals surface area (Å²) >= 11 is 1.37. The van der Waals surface area contributed by atoms with Crippen LogP contribution in [0.1, 0.15) is 16.1 Å². The van der Waals surface area contributed by atoms with Crippen molar-refractivity contribution in [3.05, 3.63) is 71.2 Å². The Balaban J connectivity index is 1.17. The fourth-order valence-electron chi connectivity index (χ4n) is 4.27. The van der Waals surface area contributed by atoms with Crippen molar-refractivity contribution in [1.82, 2.24) is 14.8 Å². The summed E-state index contributed by atoms with van der Waals surface area (Å²) in [5, 5.41) is 0. The quantitative estimate of drug-likeness (QED) is 0.598. The van der Waals surface area contributed by atoms with Crippen molar-refractivity contribution in [3.8, 4) is 11.5 Å². The summed E-state index contributed by atoms with van der Waals surface area (Å²) < 4.78 is 5.85. The van der Waals surface area contributed by atoms with Gasteiger partial charge in [0.25, 0.3) is 5.91 Å². The minimum absolute atomic E-state index is 0.0501. The normalized spacial score (nSPS) is 19.4. The maximum Gasteiger partial charge on any atom is 0.265 e. The molecule has 32 heavy (non-hydrogen) atoms. The third kappa shape index (κ3) is 4.37. The molecular weight excluding hydrogens is 424 g/mol. The Morgan fingerprint density at radius 2 is 1.69 bits per heavy atom. The Bertz CT molecular complexity index is 1060. The van der Waals surface area contributed by atoms with Gasteiger partial charge in [-0.1, -0.05) is 18.2 Å². The molecule has 5 rings (SSSR count). The monoisotopic (exact) mass is 448 g/mol. The van der Waals surface area contributed by atoms with E-state index in [4.69, 9.17) is 4.74 Å².